The Kier molecular flexibility index (Phi) is 4.05. The molecule has 5 rings (SSSR count). The summed E-state index contributed by atoms with van der Waals surface area (Å²) in [6, 6.07) is 3.74. The molecule has 0 bridgehead atoms. The van der Waals surface area contributed by atoms with Gasteiger partial charge < -0.3 is 10.1 Å². The number of nitrogens with zero attached hydrogens (tertiary/aromatic N) is 6. The maximum Gasteiger partial charge on any atom is 0.453 e. The minimum atomic E-state index is -4.67. The van der Waals surface area contributed by atoms with Gasteiger partial charge in [0.15, 0.2) is 5.65 Å². The second-order valence-corrected chi connectivity index (χ2v) is 7.12. The van der Waals surface area contributed by atoms with Crippen LogP contribution in [0.25, 0.3) is 5.65 Å². The highest BCUT2D eigenvalue weighted by Crippen LogP contribution is 2.28. The zero-order valence-electron chi connectivity index (χ0n) is 15.1. The molecule has 2 aliphatic rings. The molecule has 3 aromatic heterocycles. The molecule has 1 aliphatic carbocycles. The summed E-state index contributed by atoms with van der Waals surface area (Å²) in [6.07, 6.45) is -2.02. The molecule has 0 aromatic carbocycles. The van der Waals surface area contributed by atoms with Crippen LogP contribution in [0.3, 0.4) is 0 Å². The summed E-state index contributed by atoms with van der Waals surface area (Å²) < 4.78 is 46.8. The predicted molar refractivity (Wildman–Crippen MR) is 93.6 cm³/mol. The quantitative estimate of drug-likeness (QED) is 0.697. The molecule has 12 heteroatoms. The maximum absolute atomic E-state index is 13.1. The van der Waals surface area contributed by atoms with E-state index in [4.69, 9.17) is 4.74 Å². The Labute approximate surface area is 161 Å². The fraction of sp³-hybridized carbons (Fsp3) is 0.471. The maximum atomic E-state index is 13.1. The number of rotatable bonds is 3. The van der Waals surface area contributed by atoms with Crippen molar-refractivity contribution in [3.8, 4) is 0 Å². The number of ether oxygens (including phenoxy) is 1. The fourth-order valence-corrected chi connectivity index (χ4v) is 3.81. The lowest BCUT2D eigenvalue weighted by molar-refractivity contribution is -0.146. The van der Waals surface area contributed by atoms with Crippen LogP contribution < -0.4 is 10.9 Å². The van der Waals surface area contributed by atoms with E-state index in [2.05, 4.69) is 25.7 Å². The summed E-state index contributed by atoms with van der Waals surface area (Å²) >= 11 is 0. The number of nitrogens with one attached hydrogen (secondary N) is 1. The van der Waals surface area contributed by atoms with E-state index in [1.807, 2.05) is 0 Å². The lowest BCUT2D eigenvalue weighted by atomic mass is 10.1. The van der Waals surface area contributed by atoms with Crippen molar-refractivity contribution in [3.63, 3.8) is 0 Å². The van der Waals surface area contributed by atoms with Gasteiger partial charge >= 0.3 is 6.18 Å². The van der Waals surface area contributed by atoms with Gasteiger partial charge in [-0.25, -0.2) is 4.68 Å². The Balaban J connectivity index is 1.45. The van der Waals surface area contributed by atoms with Gasteiger partial charge in [-0.2, -0.15) is 22.8 Å². The van der Waals surface area contributed by atoms with E-state index >= 15 is 0 Å². The Morgan fingerprint density at radius 3 is 2.83 bits per heavy atom. The number of anilines is 1. The minimum Gasteiger partial charge on any atom is -0.377 e. The zero-order valence-corrected chi connectivity index (χ0v) is 15.1. The molecule has 1 aliphatic heterocycles. The van der Waals surface area contributed by atoms with Crippen LogP contribution in [0.15, 0.2) is 23.0 Å². The highest BCUT2D eigenvalue weighted by Gasteiger charge is 2.38. The van der Waals surface area contributed by atoms with Gasteiger partial charge in [0, 0.05) is 6.07 Å². The molecule has 9 nitrogen and oxygen atoms in total. The second kappa shape index (κ2) is 6.51. The van der Waals surface area contributed by atoms with Crippen molar-refractivity contribution in [1.82, 2.24) is 29.6 Å². The van der Waals surface area contributed by atoms with Crippen molar-refractivity contribution in [2.75, 3.05) is 18.5 Å². The Bertz CT molecular complexity index is 1140. The SMILES string of the molecule is O=c1cc2c(nn1C1COCC1Nc1ccc3nnc(C(F)(F)F)n3n1)CCC2. The lowest BCUT2D eigenvalue weighted by Crippen LogP contribution is -2.38. The topological polar surface area (TPSA) is 99.2 Å². The average Bonchev–Trinajstić information content (AvgIpc) is 3.38. The average molecular weight is 407 g/mol. The molecular formula is C17H16F3N7O2. The summed E-state index contributed by atoms with van der Waals surface area (Å²) in [4.78, 5) is 12.5. The summed E-state index contributed by atoms with van der Waals surface area (Å²) in [5.41, 5.74) is 1.66. The molecule has 1 fully saturated rings. The molecule has 0 saturated carbocycles. The van der Waals surface area contributed by atoms with Gasteiger partial charge in [0.05, 0.1) is 24.9 Å². The Morgan fingerprint density at radius 2 is 2.00 bits per heavy atom. The van der Waals surface area contributed by atoms with Crippen LogP contribution in [-0.2, 0) is 23.8 Å². The van der Waals surface area contributed by atoms with E-state index < -0.39 is 18.0 Å². The van der Waals surface area contributed by atoms with E-state index in [1.165, 1.54) is 16.8 Å². The van der Waals surface area contributed by atoms with Gasteiger partial charge in [-0.05, 0) is 37.0 Å². The van der Waals surface area contributed by atoms with Crippen LogP contribution in [0.1, 0.15) is 29.5 Å². The van der Waals surface area contributed by atoms with Crippen LogP contribution in [-0.4, -0.2) is 48.8 Å². The van der Waals surface area contributed by atoms with Crippen molar-refractivity contribution in [2.45, 2.75) is 37.5 Å². The smallest absolute Gasteiger partial charge is 0.377 e. The Hall–Kier alpha value is -3.02. The first-order valence-electron chi connectivity index (χ1n) is 9.16. The first-order valence-corrected chi connectivity index (χ1v) is 9.16. The number of halogens is 3. The molecule has 4 heterocycles. The first kappa shape index (κ1) is 18.0. The molecular weight excluding hydrogens is 391 g/mol. The molecule has 29 heavy (non-hydrogen) atoms. The van der Waals surface area contributed by atoms with Gasteiger partial charge in [-0.3, -0.25) is 4.79 Å². The summed E-state index contributed by atoms with van der Waals surface area (Å²) in [7, 11) is 0. The molecule has 0 spiro atoms. The molecule has 1 saturated heterocycles. The summed E-state index contributed by atoms with van der Waals surface area (Å²) in [5, 5.41) is 18.2. The van der Waals surface area contributed by atoms with E-state index in [0.29, 0.717) is 4.52 Å². The van der Waals surface area contributed by atoms with Crippen molar-refractivity contribution < 1.29 is 17.9 Å². The zero-order chi connectivity index (χ0) is 20.2. The summed E-state index contributed by atoms with van der Waals surface area (Å²) in [5.74, 6) is -1.01. The fourth-order valence-electron chi connectivity index (χ4n) is 3.81. The van der Waals surface area contributed by atoms with Crippen molar-refractivity contribution >= 4 is 11.5 Å². The molecule has 0 amide bonds. The van der Waals surface area contributed by atoms with Crippen LogP contribution in [0.4, 0.5) is 19.0 Å². The van der Waals surface area contributed by atoms with Crippen LogP contribution in [0.2, 0.25) is 0 Å². The summed E-state index contributed by atoms with van der Waals surface area (Å²) in [6.45, 7) is 0.538. The van der Waals surface area contributed by atoms with Crippen LogP contribution >= 0.6 is 0 Å². The van der Waals surface area contributed by atoms with Gasteiger partial charge in [-0.15, -0.1) is 15.3 Å². The third kappa shape index (κ3) is 3.12. The van der Waals surface area contributed by atoms with Crippen molar-refractivity contribution in [3.05, 3.63) is 45.6 Å². The largest absolute Gasteiger partial charge is 0.453 e. The monoisotopic (exact) mass is 407 g/mol. The standard InChI is InChI=1S/C17H16F3N7O2/c18-17(19,20)16-23-22-14-5-4-13(25-27(14)16)21-11-7-29-8-12(11)26-15(28)6-9-2-1-3-10(9)24-26/h4-6,11-12H,1-3,7-8H2,(H,21,25). The number of hydrogen-bond donors (Lipinski definition) is 1. The number of aromatic nitrogens is 6. The number of aryl methyl sites for hydroxylation is 2. The van der Waals surface area contributed by atoms with Gasteiger partial charge in [0.25, 0.3) is 11.4 Å². The molecule has 2 unspecified atom stereocenters. The van der Waals surface area contributed by atoms with E-state index in [-0.39, 0.29) is 36.3 Å². The highest BCUT2D eigenvalue weighted by molar-refractivity contribution is 5.45. The van der Waals surface area contributed by atoms with Crippen molar-refractivity contribution in [2.24, 2.45) is 0 Å². The predicted octanol–water partition coefficient (Wildman–Crippen LogP) is 1.24. The molecule has 152 valence electrons. The van der Waals surface area contributed by atoms with Gasteiger partial charge in [-0.1, -0.05) is 0 Å². The molecule has 3 aromatic rings. The van der Waals surface area contributed by atoms with E-state index in [9.17, 15) is 18.0 Å². The van der Waals surface area contributed by atoms with Crippen molar-refractivity contribution in [1.29, 1.82) is 0 Å². The second-order valence-electron chi connectivity index (χ2n) is 7.12. The number of fused-ring (bicyclic) bond motifs is 2. The van der Waals surface area contributed by atoms with Gasteiger partial charge in [0.1, 0.15) is 11.9 Å². The third-order valence-corrected chi connectivity index (χ3v) is 5.20. The van der Waals surface area contributed by atoms with Crippen LogP contribution in [0.5, 0.6) is 0 Å². The van der Waals surface area contributed by atoms with Gasteiger partial charge in [0.2, 0.25) is 0 Å². The normalized spacial score (nSPS) is 21.6. The third-order valence-electron chi connectivity index (χ3n) is 5.20. The highest BCUT2D eigenvalue weighted by atomic mass is 19.4. The van der Waals surface area contributed by atoms with E-state index in [1.54, 1.807) is 6.07 Å². The Morgan fingerprint density at radius 1 is 1.14 bits per heavy atom. The minimum absolute atomic E-state index is 0.0152. The molecule has 2 atom stereocenters. The van der Waals surface area contributed by atoms with E-state index in [0.717, 1.165) is 30.5 Å². The first-order chi connectivity index (χ1) is 13.9. The lowest BCUT2D eigenvalue weighted by Gasteiger charge is -2.21. The molecule has 1 N–H and O–H groups in total. The number of alkyl halides is 3. The number of hydrogen-bond acceptors (Lipinski definition) is 7. The molecule has 0 radical (unpaired) electrons. The van der Waals surface area contributed by atoms with Crippen LogP contribution in [0, 0.1) is 0 Å².